The van der Waals surface area contributed by atoms with Gasteiger partial charge in [0.15, 0.2) is 5.82 Å². The van der Waals surface area contributed by atoms with Crippen LogP contribution in [0.3, 0.4) is 0 Å². The van der Waals surface area contributed by atoms with Gasteiger partial charge in [0.1, 0.15) is 11.4 Å². The lowest BCUT2D eigenvalue weighted by molar-refractivity contribution is -0.137. The third-order valence-corrected chi connectivity index (χ3v) is 2.94. The van der Waals surface area contributed by atoms with E-state index >= 15 is 0 Å². The summed E-state index contributed by atoms with van der Waals surface area (Å²) in [6.45, 7) is 9.55. The number of pyridine rings is 1. The van der Waals surface area contributed by atoms with E-state index in [1.54, 1.807) is 20.8 Å². The lowest BCUT2D eigenvalue weighted by atomic mass is 10.0. The number of hydrogen-bond donors (Lipinski definition) is 3. The molecule has 1 aromatic heterocycles. The fourth-order valence-electron chi connectivity index (χ4n) is 1.96. The molecule has 10 heteroatoms. The summed E-state index contributed by atoms with van der Waals surface area (Å²) in [4.78, 5) is 16.0. The van der Waals surface area contributed by atoms with Gasteiger partial charge in [0.2, 0.25) is 0 Å². The lowest BCUT2D eigenvalue weighted by Gasteiger charge is -2.25. The fraction of sp³-hybridized carbons (Fsp3) is 0.438. The molecular formula is C16H22F3N5O2. The first kappa shape index (κ1) is 21.4. The molecule has 7 nitrogen and oxygen atoms in total. The van der Waals surface area contributed by atoms with E-state index in [1.165, 1.54) is 13.0 Å². The van der Waals surface area contributed by atoms with E-state index in [0.717, 1.165) is 0 Å². The number of halogens is 3. The highest BCUT2D eigenvalue weighted by Crippen LogP contribution is 2.37. The Morgan fingerprint density at radius 2 is 2.04 bits per heavy atom. The van der Waals surface area contributed by atoms with Crippen LogP contribution in [-0.4, -0.2) is 28.9 Å². The summed E-state index contributed by atoms with van der Waals surface area (Å²) in [5.74, 6) is 4.90. The van der Waals surface area contributed by atoms with Crippen LogP contribution in [0.25, 0.3) is 0 Å². The standard InChI is InChI=1S/C16H22F3N5O2/c1-6-7-22-13-12(9(2)20)10(16(17,18)19)8-11(23-13)24(21)14(25)26-15(3,4)5/h6,8,20H,1,7,21H2,2-5H3,(H,22,23). The molecule has 1 aromatic rings. The maximum Gasteiger partial charge on any atom is 0.430 e. The quantitative estimate of drug-likeness (QED) is 0.240. The Hall–Kier alpha value is -2.62. The molecule has 1 heterocycles. The number of nitrogens with two attached hydrogens (primary N) is 1. The molecular weight excluding hydrogens is 351 g/mol. The second-order valence-electron chi connectivity index (χ2n) is 6.39. The first-order chi connectivity index (χ1) is 11.8. The number of aromatic nitrogens is 1. The molecule has 0 saturated heterocycles. The van der Waals surface area contributed by atoms with E-state index in [1.807, 2.05) is 0 Å². The van der Waals surface area contributed by atoms with Gasteiger partial charge in [-0.15, -0.1) is 6.58 Å². The van der Waals surface area contributed by atoms with Crippen molar-refractivity contribution >= 4 is 23.4 Å². The molecule has 0 saturated carbocycles. The summed E-state index contributed by atoms with van der Waals surface area (Å²) < 4.78 is 45.5. The molecule has 0 radical (unpaired) electrons. The van der Waals surface area contributed by atoms with E-state index < -0.39 is 34.8 Å². The number of carbonyl (C=O) groups is 1. The Labute approximate surface area is 149 Å². The van der Waals surface area contributed by atoms with Crippen molar-refractivity contribution < 1.29 is 22.7 Å². The van der Waals surface area contributed by atoms with Gasteiger partial charge in [0, 0.05) is 17.8 Å². The van der Waals surface area contributed by atoms with Crippen LogP contribution in [0, 0.1) is 5.41 Å². The number of hydrazine groups is 1. The second kappa shape index (κ2) is 7.73. The maximum atomic E-state index is 13.5. The second-order valence-corrected chi connectivity index (χ2v) is 6.39. The molecule has 0 atom stereocenters. The molecule has 4 N–H and O–H groups in total. The number of alkyl halides is 3. The smallest absolute Gasteiger partial charge is 0.430 e. The van der Waals surface area contributed by atoms with Crippen LogP contribution in [0.15, 0.2) is 18.7 Å². The Kier molecular flexibility index (Phi) is 6.37. The van der Waals surface area contributed by atoms with Gasteiger partial charge in [0.05, 0.1) is 5.56 Å². The van der Waals surface area contributed by atoms with Gasteiger partial charge in [-0.2, -0.15) is 18.2 Å². The zero-order chi connectivity index (χ0) is 20.3. The highest BCUT2D eigenvalue weighted by molar-refractivity contribution is 6.03. The van der Waals surface area contributed by atoms with Crippen molar-refractivity contribution in [2.75, 3.05) is 16.9 Å². The summed E-state index contributed by atoms with van der Waals surface area (Å²) >= 11 is 0. The SMILES string of the molecule is C=CCNc1nc(N(N)C(=O)OC(C)(C)C)cc(C(F)(F)F)c1C(C)=N. The Bertz CT molecular complexity index is 711. The highest BCUT2D eigenvalue weighted by atomic mass is 19.4. The monoisotopic (exact) mass is 373 g/mol. The topological polar surface area (TPSA) is 104 Å². The van der Waals surface area contributed by atoms with Crippen molar-refractivity contribution in [3.05, 3.63) is 29.8 Å². The summed E-state index contributed by atoms with van der Waals surface area (Å²) in [5.41, 5.74) is -2.80. The van der Waals surface area contributed by atoms with Gasteiger partial charge in [-0.3, -0.25) is 0 Å². The first-order valence-electron chi connectivity index (χ1n) is 7.58. The van der Waals surface area contributed by atoms with E-state index in [0.29, 0.717) is 11.1 Å². The number of hydrogen-bond acceptors (Lipinski definition) is 6. The number of nitrogens with zero attached hydrogens (tertiary/aromatic N) is 2. The van der Waals surface area contributed by atoms with Crippen molar-refractivity contribution in [2.45, 2.75) is 39.5 Å². The van der Waals surface area contributed by atoms with E-state index in [-0.39, 0.29) is 18.1 Å². The van der Waals surface area contributed by atoms with Gasteiger partial charge in [-0.05, 0) is 33.8 Å². The minimum absolute atomic E-state index is 0.102. The Balaban J connectivity index is 3.52. The van der Waals surface area contributed by atoms with Gasteiger partial charge in [-0.25, -0.2) is 15.6 Å². The summed E-state index contributed by atoms with van der Waals surface area (Å²) in [6.07, 6.45) is -4.43. The largest absolute Gasteiger partial charge is 0.442 e. The summed E-state index contributed by atoms with van der Waals surface area (Å²) in [7, 11) is 0. The number of rotatable bonds is 5. The van der Waals surface area contributed by atoms with E-state index in [9.17, 15) is 18.0 Å². The van der Waals surface area contributed by atoms with Gasteiger partial charge < -0.3 is 15.5 Å². The maximum absolute atomic E-state index is 13.5. The van der Waals surface area contributed by atoms with Crippen LogP contribution in [0.2, 0.25) is 0 Å². The van der Waals surface area contributed by atoms with E-state index in [2.05, 4.69) is 16.9 Å². The summed E-state index contributed by atoms with van der Waals surface area (Å²) in [6, 6.07) is 0.608. The van der Waals surface area contributed by atoms with Crippen molar-refractivity contribution in [3.8, 4) is 0 Å². The average Bonchev–Trinajstić information content (AvgIpc) is 2.48. The van der Waals surface area contributed by atoms with Gasteiger partial charge >= 0.3 is 12.3 Å². The summed E-state index contributed by atoms with van der Waals surface area (Å²) in [5, 5.41) is 10.7. The third kappa shape index (κ3) is 5.45. The minimum Gasteiger partial charge on any atom is -0.442 e. The van der Waals surface area contributed by atoms with Crippen molar-refractivity contribution in [1.29, 1.82) is 5.41 Å². The van der Waals surface area contributed by atoms with Crippen molar-refractivity contribution in [2.24, 2.45) is 5.84 Å². The molecule has 0 bridgehead atoms. The molecule has 0 spiro atoms. The number of amides is 1. The molecule has 26 heavy (non-hydrogen) atoms. The fourth-order valence-corrected chi connectivity index (χ4v) is 1.96. The number of nitrogens with one attached hydrogen (secondary N) is 2. The molecule has 0 fully saturated rings. The van der Waals surface area contributed by atoms with Crippen LogP contribution < -0.4 is 16.2 Å². The van der Waals surface area contributed by atoms with Crippen LogP contribution in [-0.2, 0) is 10.9 Å². The van der Waals surface area contributed by atoms with Crippen molar-refractivity contribution in [3.63, 3.8) is 0 Å². The first-order valence-corrected chi connectivity index (χ1v) is 7.58. The predicted octanol–water partition coefficient (Wildman–Crippen LogP) is 3.70. The normalized spacial score (nSPS) is 11.7. The van der Waals surface area contributed by atoms with Crippen LogP contribution >= 0.6 is 0 Å². The molecule has 0 unspecified atom stereocenters. The van der Waals surface area contributed by atoms with E-state index in [4.69, 9.17) is 16.0 Å². The van der Waals surface area contributed by atoms with Crippen LogP contribution in [0.4, 0.5) is 29.6 Å². The molecule has 1 rings (SSSR count). The van der Waals surface area contributed by atoms with Gasteiger partial charge in [0.25, 0.3) is 0 Å². The average molecular weight is 373 g/mol. The van der Waals surface area contributed by atoms with Crippen molar-refractivity contribution in [1.82, 2.24) is 4.98 Å². The zero-order valence-corrected chi connectivity index (χ0v) is 15.0. The zero-order valence-electron chi connectivity index (χ0n) is 15.0. The predicted molar refractivity (Wildman–Crippen MR) is 93.3 cm³/mol. The van der Waals surface area contributed by atoms with Crippen LogP contribution in [0.1, 0.15) is 38.8 Å². The van der Waals surface area contributed by atoms with Gasteiger partial charge in [-0.1, -0.05) is 6.08 Å². The molecule has 1 amide bonds. The minimum atomic E-state index is -4.78. The Morgan fingerprint density at radius 1 is 1.46 bits per heavy atom. The highest BCUT2D eigenvalue weighted by Gasteiger charge is 2.37. The molecule has 0 aliphatic carbocycles. The molecule has 144 valence electrons. The molecule has 0 aromatic carbocycles. The third-order valence-electron chi connectivity index (χ3n) is 2.94. The number of ether oxygens (including phenoxy) is 1. The Morgan fingerprint density at radius 3 is 2.46 bits per heavy atom. The lowest BCUT2D eigenvalue weighted by Crippen LogP contribution is -2.42. The van der Waals surface area contributed by atoms with Crippen LogP contribution in [0.5, 0.6) is 0 Å². The number of anilines is 2. The molecule has 0 aliphatic heterocycles. The number of carbonyl (C=O) groups excluding carboxylic acids is 1. The molecule has 0 aliphatic rings.